The predicted molar refractivity (Wildman–Crippen MR) is 113 cm³/mol. The summed E-state index contributed by atoms with van der Waals surface area (Å²) in [6, 6.07) is 20.7. The highest BCUT2D eigenvalue weighted by Gasteiger charge is 2.24. The third-order valence-corrected chi connectivity index (χ3v) is 5.02. The van der Waals surface area contributed by atoms with Crippen LogP contribution in [0.15, 0.2) is 71.3 Å². The van der Waals surface area contributed by atoms with Gasteiger partial charge in [0.05, 0.1) is 6.21 Å². The van der Waals surface area contributed by atoms with E-state index in [0.717, 1.165) is 43.9 Å². The normalized spacial score (nSPS) is 20.2. The van der Waals surface area contributed by atoms with Gasteiger partial charge in [-0.1, -0.05) is 66.7 Å². The fourth-order valence-corrected chi connectivity index (χ4v) is 3.52. The highest BCUT2D eigenvalue weighted by molar-refractivity contribution is 5.86. The second kappa shape index (κ2) is 10.5. The van der Waals surface area contributed by atoms with E-state index in [2.05, 4.69) is 40.9 Å². The number of amides is 1. The summed E-state index contributed by atoms with van der Waals surface area (Å²) in [7, 11) is 0. The number of hydrogen-bond donors (Lipinski definition) is 3. The third-order valence-electron chi connectivity index (χ3n) is 5.02. The largest absolute Gasteiger partial charge is 0.322 e. The lowest BCUT2D eigenvalue weighted by atomic mass is 10.1. The maximum atomic E-state index is 12.2. The molecular formula is C23H30N4O+2. The van der Waals surface area contributed by atoms with E-state index in [4.69, 9.17) is 0 Å². The standard InChI is InChI=1S/C23H28N4O/c1-20(16-21-8-4-2-5-9-21)17-24-25-23(28)19-27-14-12-26(13-15-27)18-22-10-6-3-7-11-22/h2-11,16-17H,12-15,18-19H2,1H3,(H,25,28)/p+2/b20-16+,24-17-. The van der Waals surface area contributed by atoms with E-state index in [1.807, 2.05) is 43.3 Å². The van der Waals surface area contributed by atoms with E-state index in [9.17, 15) is 4.79 Å². The Morgan fingerprint density at radius 2 is 1.57 bits per heavy atom. The number of carbonyl (C=O) groups excluding carboxylic acids is 1. The molecule has 1 amide bonds. The molecule has 1 fully saturated rings. The number of nitrogens with one attached hydrogen (secondary N) is 3. The van der Waals surface area contributed by atoms with Crippen LogP contribution in [0.3, 0.4) is 0 Å². The zero-order valence-corrected chi connectivity index (χ0v) is 16.5. The van der Waals surface area contributed by atoms with E-state index in [1.165, 1.54) is 10.5 Å². The number of benzene rings is 2. The second-order valence-electron chi connectivity index (χ2n) is 7.43. The van der Waals surface area contributed by atoms with Crippen LogP contribution in [0.2, 0.25) is 0 Å². The Hall–Kier alpha value is -2.76. The molecule has 1 aliphatic heterocycles. The molecule has 5 heteroatoms. The van der Waals surface area contributed by atoms with E-state index in [0.29, 0.717) is 6.54 Å². The average Bonchev–Trinajstić information content (AvgIpc) is 2.71. The minimum absolute atomic E-state index is 0.0229. The minimum atomic E-state index is -0.0229. The molecule has 1 heterocycles. The molecule has 3 rings (SSSR count). The van der Waals surface area contributed by atoms with Crippen molar-refractivity contribution < 1.29 is 14.6 Å². The Morgan fingerprint density at radius 1 is 0.964 bits per heavy atom. The smallest absolute Gasteiger partial charge is 0.295 e. The molecule has 5 nitrogen and oxygen atoms in total. The Labute approximate surface area is 167 Å². The van der Waals surface area contributed by atoms with Gasteiger partial charge in [0.15, 0.2) is 6.54 Å². The summed E-state index contributed by atoms with van der Waals surface area (Å²) in [6.45, 7) is 7.76. The van der Waals surface area contributed by atoms with Crippen LogP contribution in [0.1, 0.15) is 18.1 Å². The fraction of sp³-hybridized carbons (Fsp3) is 0.304. The van der Waals surface area contributed by atoms with Crippen molar-refractivity contribution in [3.8, 4) is 0 Å². The molecule has 0 spiro atoms. The van der Waals surface area contributed by atoms with Crippen molar-refractivity contribution in [2.75, 3.05) is 32.7 Å². The fourth-order valence-electron chi connectivity index (χ4n) is 3.52. The Morgan fingerprint density at radius 3 is 2.25 bits per heavy atom. The van der Waals surface area contributed by atoms with Gasteiger partial charge >= 0.3 is 0 Å². The van der Waals surface area contributed by atoms with Gasteiger partial charge in [-0.15, -0.1) is 0 Å². The summed E-state index contributed by atoms with van der Waals surface area (Å²) >= 11 is 0. The minimum Gasteiger partial charge on any atom is -0.322 e. The van der Waals surface area contributed by atoms with Crippen LogP contribution in [-0.2, 0) is 11.3 Å². The molecule has 0 saturated carbocycles. The molecule has 2 aromatic carbocycles. The number of carbonyl (C=O) groups is 1. The lowest BCUT2D eigenvalue weighted by molar-refractivity contribution is -1.02. The number of hydrazone groups is 1. The van der Waals surface area contributed by atoms with Crippen LogP contribution in [0.25, 0.3) is 6.08 Å². The van der Waals surface area contributed by atoms with Crippen molar-refractivity contribution in [3.05, 3.63) is 77.4 Å². The van der Waals surface area contributed by atoms with Crippen LogP contribution in [0.5, 0.6) is 0 Å². The average molecular weight is 379 g/mol. The van der Waals surface area contributed by atoms with Crippen molar-refractivity contribution in [2.24, 2.45) is 5.10 Å². The number of quaternary nitrogens is 2. The molecule has 0 unspecified atom stereocenters. The van der Waals surface area contributed by atoms with Crippen molar-refractivity contribution in [1.82, 2.24) is 5.43 Å². The summed E-state index contributed by atoms with van der Waals surface area (Å²) in [6.07, 6.45) is 3.73. The maximum Gasteiger partial charge on any atom is 0.295 e. The Balaban J connectivity index is 1.37. The Bertz CT molecular complexity index is 794. The molecule has 1 aliphatic rings. The molecule has 3 N–H and O–H groups in total. The molecular weight excluding hydrogens is 348 g/mol. The van der Waals surface area contributed by atoms with Gasteiger partial charge in [0, 0.05) is 5.56 Å². The SMILES string of the molecule is CC(/C=N\NC(=O)C[NH+]1CC[NH+](Cc2ccccc2)CC1)=C\c1ccccc1. The molecule has 146 valence electrons. The highest BCUT2D eigenvalue weighted by Crippen LogP contribution is 2.04. The monoisotopic (exact) mass is 378 g/mol. The van der Waals surface area contributed by atoms with Crippen LogP contribution < -0.4 is 15.2 Å². The van der Waals surface area contributed by atoms with E-state index in [1.54, 1.807) is 11.1 Å². The summed E-state index contributed by atoms with van der Waals surface area (Å²) in [5.74, 6) is -0.0229. The zero-order chi connectivity index (χ0) is 19.6. The lowest BCUT2D eigenvalue weighted by Gasteiger charge is -2.29. The van der Waals surface area contributed by atoms with Gasteiger partial charge in [-0.3, -0.25) is 4.79 Å². The topological polar surface area (TPSA) is 50.3 Å². The molecule has 0 radical (unpaired) electrons. The van der Waals surface area contributed by atoms with Gasteiger partial charge in [-0.2, -0.15) is 5.10 Å². The molecule has 0 aromatic heterocycles. The van der Waals surface area contributed by atoms with E-state index in [-0.39, 0.29) is 5.91 Å². The van der Waals surface area contributed by atoms with E-state index >= 15 is 0 Å². The first kappa shape index (κ1) is 20.0. The summed E-state index contributed by atoms with van der Waals surface area (Å²) in [5, 5.41) is 4.09. The van der Waals surface area contributed by atoms with Crippen LogP contribution >= 0.6 is 0 Å². The van der Waals surface area contributed by atoms with Gasteiger partial charge in [0.2, 0.25) is 0 Å². The highest BCUT2D eigenvalue weighted by atomic mass is 16.2. The van der Waals surface area contributed by atoms with Crippen LogP contribution in [0, 0.1) is 0 Å². The number of piperazine rings is 1. The van der Waals surface area contributed by atoms with Gasteiger partial charge in [-0.05, 0) is 18.1 Å². The first-order chi connectivity index (χ1) is 13.7. The van der Waals surface area contributed by atoms with Crippen molar-refractivity contribution in [1.29, 1.82) is 0 Å². The van der Waals surface area contributed by atoms with Crippen molar-refractivity contribution in [3.63, 3.8) is 0 Å². The van der Waals surface area contributed by atoms with Crippen molar-refractivity contribution >= 4 is 18.2 Å². The molecule has 2 aromatic rings. The summed E-state index contributed by atoms with van der Waals surface area (Å²) in [4.78, 5) is 15.1. The number of rotatable bonds is 7. The van der Waals surface area contributed by atoms with Crippen LogP contribution in [0.4, 0.5) is 0 Å². The zero-order valence-electron chi connectivity index (χ0n) is 16.5. The lowest BCUT2D eigenvalue weighted by Crippen LogP contribution is -3.28. The molecule has 1 saturated heterocycles. The summed E-state index contributed by atoms with van der Waals surface area (Å²) < 4.78 is 0. The van der Waals surface area contributed by atoms with E-state index < -0.39 is 0 Å². The van der Waals surface area contributed by atoms with Crippen LogP contribution in [-0.4, -0.2) is 44.8 Å². The third kappa shape index (κ3) is 6.76. The van der Waals surface area contributed by atoms with Gasteiger partial charge < -0.3 is 9.80 Å². The molecule has 0 atom stereocenters. The van der Waals surface area contributed by atoms with Gasteiger partial charge in [0.25, 0.3) is 5.91 Å². The quantitative estimate of drug-likeness (QED) is 0.467. The first-order valence-corrected chi connectivity index (χ1v) is 9.95. The molecule has 0 bridgehead atoms. The van der Waals surface area contributed by atoms with Crippen molar-refractivity contribution in [2.45, 2.75) is 13.5 Å². The second-order valence-corrected chi connectivity index (χ2v) is 7.43. The number of hydrogen-bond acceptors (Lipinski definition) is 2. The first-order valence-electron chi connectivity index (χ1n) is 9.95. The molecule has 0 aliphatic carbocycles. The van der Waals surface area contributed by atoms with Gasteiger partial charge in [0.1, 0.15) is 32.7 Å². The predicted octanol–water partition coefficient (Wildman–Crippen LogP) is 0.176. The number of nitrogens with zero attached hydrogens (tertiary/aromatic N) is 1. The Kier molecular flexibility index (Phi) is 7.53. The maximum absolute atomic E-state index is 12.2. The number of allylic oxidation sites excluding steroid dienone is 1. The summed E-state index contributed by atoms with van der Waals surface area (Å²) in [5.41, 5.74) is 6.16. The van der Waals surface area contributed by atoms with Gasteiger partial charge in [-0.25, -0.2) is 5.43 Å². The molecule has 28 heavy (non-hydrogen) atoms.